The average molecular weight is 266 g/mol. The van der Waals surface area contributed by atoms with E-state index in [1.807, 2.05) is 6.07 Å². The van der Waals surface area contributed by atoms with Crippen LogP contribution in [0.2, 0.25) is 0 Å². The minimum atomic E-state index is 0.329. The molecule has 1 aromatic heterocycles. The molecule has 1 unspecified atom stereocenters. The highest BCUT2D eigenvalue weighted by Gasteiger charge is 2.18. The van der Waals surface area contributed by atoms with Crippen LogP contribution in [-0.4, -0.2) is 42.8 Å². The number of hydrogen-bond donors (Lipinski definition) is 2. The fraction of sp³-hybridized carbons (Fsp3) is 0.733. The van der Waals surface area contributed by atoms with Gasteiger partial charge in [-0.2, -0.15) is 0 Å². The zero-order chi connectivity index (χ0) is 13.5. The van der Waals surface area contributed by atoms with Gasteiger partial charge in [0.1, 0.15) is 11.5 Å². The maximum absolute atomic E-state index is 9.20. The number of rotatable bonds is 7. The van der Waals surface area contributed by atoms with E-state index in [0.29, 0.717) is 12.5 Å². The van der Waals surface area contributed by atoms with Crippen molar-refractivity contribution in [1.82, 2.24) is 10.2 Å². The Bertz CT molecular complexity index is 365. The number of piperidine rings is 1. The summed E-state index contributed by atoms with van der Waals surface area (Å²) in [5.41, 5.74) is 0. The summed E-state index contributed by atoms with van der Waals surface area (Å²) >= 11 is 0. The second-order valence-electron chi connectivity index (χ2n) is 5.39. The maximum Gasteiger partial charge on any atom is 0.117 e. The third-order valence-corrected chi connectivity index (χ3v) is 3.83. The number of likely N-dealkylation sites (tertiary alicyclic amines) is 1. The summed E-state index contributed by atoms with van der Waals surface area (Å²) in [6, 6.07) is 4.10. The van der Waals surface area contributed by atoms with Gasteiger partial charge in [-0.15, -0.1) is 0 Å². The van der Waals surface area contributed by atoms with E-state index in [0.717, 1.165) is 44.1 Å². The standard InChI is InChI=1S/C15H26N2O2/c1-2-14-5-6-15(19-14)10-16-7-9-17-8-3-4-13(11-17)12-18/h5-6,13,16,18H,2-4,7-12H2,1H3. The van der Waals surface area contributed by atoms with E-state index in [1.54, 1.807) is 0 Å². The second kappa shape index (κ2) is 7.68. The molecule has 1 aromatic rings. The highest BCUT2D eigenvalue weighted by molar-refractivity contribution is 5.06. The van der Waals surface area contributed by atoms with Gasteiger partial charge >= 0.3 is 0 Å². The molecule has 0 spiro atoms. The lowest BCUT2D eigenvalue weighted by Gasteiger charge is -2.31. The van der Waals surface area contributed by atoms with Crippen molar-refractivity contribution in [3.05, 3.63) is 23.7 Å². The minimum absolute atomic E-state index is 0.329. The first-order chi connectivity index (χ1) is 9.31. The number of nitrogens with zero attached hydrogens (tertiary/aromatic N) is 1. The molecular weight excluding hydrogens is 240 g/mol. The van der Waals surface area contributed by atoms with Gasteiger partial charge in [-0.25, -0.2) is 0 Å². The molecular formula is C15H26N2O2. The normalized spacial score (nSPS) is 20.8. The first-order valence-corrected chi connectivity index (χ1v) is 7.43. The molecule has 1 atom stereocenters. The van der Waals surface area contributed by atoms with Gasteiger partial charge in [0.2, 0.25) is 0 Å². The summed E-state index contributed by atoms with van der Waals surface area (Å²) in [5, 5.41) is 12.6. The Labute approximate surface area is 115 Å². The first-order valence-electron chi connectivity index (χ1n) is 7.43. The molecule has 19 heavy (non-hydrogen) atoms. The maximum atomic E-state index is 9.20. The van der Waals surface area contributed by atoms with E-state index in [1.165, 1.54) is 19.4 Å². The molecule has 1 fully saturated rings. The van der Waals surface area contributed by atoms with Crippen LogP contribution in [0.15, 0.2) is 16.5 Å². The lowest BCUT2D eigenvalue weighted by Crippen LogP contribution is -2.40. The Balaban J connectivity index is 1.61. The van der Waals surface area contributed by atoms with E-state index in [-0.39, 0.29) is 0 Å². The van der Waals surface area contributed by atoms with E-state index in [2.05, 4.69) is 23.2 Å². The zero-order valence-corrected chi connectivity index (χ0v) is 11.9. The van der Waals surface area contributed by atoms with Crippen molar-refractivity contribution in [3.63, 3.8) is 0 Å². The molecule has 0 aromatic carbocycles. The lowest BCUT2D eigenvalue weighted by molar-refractivity contribution is 0.121. The summed E-state index contributed by atoms with van der Waals surface area (Å²) in [6.45, 7) is 7.47. The summed E-state index contributed by atoms with van der Waals surface area (Å²) in [6.07, 6.45) is 3.34. The smallest absolute Gasteiger partial charge is 0.117 e. The Kier molecular flexibility index (Phi) is 5.89. The molecule has 1 saturated heterocycles. The molecule has 2 heterocycles. The zero-order valence-electron chi connectivity index (χ0n) is 11.9. The molecule has 108 valence electrons. The van der Waals surface area contributed by atoms with Crippen LogP contribution in [-0.2, 0) is 13.0 Å². The number of furan rings is 1. The number of aryl methyl sites for hydroxylation is 1. The van der Waals surface area contributed by atoms with Gasteiger partial charge in [-0.05, 0) is 37.4 Å². The third-order valence-electron chi connectivity index (χ3n) is 3.83. The van der Waals surface area contributed by atoms with Crippen LogP contribution in [0.1, 0.15) is 31.3 Å². The Morgan fingerprint density at radius 2 is 2.26 bits per heavy atom. The van der Waals surface area contributed by atoms with E-state index < -0.39 is 0 Å². The predicted octanol–water partition coefficient (Wildman–Crippen LogP) is 1.64. The highest BCUT2D eigenvalue weighted by Crippen LogP contribution is 2.15. The Morgan fingerprint density at radius 3 is 3.00 bits per heavy atom. The highest BCUT2D eigenvalue weighted by atomic mass is 16.3. The molecule has 1 aliphatic heterocycles. The Hall–Kier alpha value is -0.840. The summed E-state index contributed by atoms with van der Waals surface area (Å²) < 4.78 is 5.65. The molecule has 1 aliphatic rings. The van der Waals surface area contributed by atoms with Crippen LogP contribution in [0.3, 0.4) is 0 Å². The van der Waals surface area contributed by atoms with Crippen LogP contribution < -0.4 is 5.32 Å². The average Bonchev–Trinajstić information content (AvgIpc) is 2.92. The van der Waals surface area contributed by atoms with Gasteiger partial charge < -0.3 is 19.7 Å². The largest absolute Gasteiger partial charge is 0.465 e. The van der Waals surface area contributed by atoms with Gasteiger partial charge in [0, 0.05) is 32.7 Å². The minimum Gasteiger partial charge on any atom is -0.465 e. The fourth-order valence-electron chi connectivity index (χ4n) is 2.66. The van der Waals surface area contributed by atoms with Crippen molar-refractivity contribution in [3.8, 4) is 0 Å². The number of nitrogens with one attached hydrogen (secondary N) is 1. The van der Waals surface area contributed by atoms with E-state index >= 15 is 0 Å². The predicted molar refractivity (Wildman–Crippen MR) is 76.0 cm³/mol. The fourth-order valence-corrected chi connectivity index (χ4v) is 2.66. The number of aliphatic hydroxyl groups excluding tert-OH is 1. The van der Waals surface area contributed by atoms with Crippen LogP contribution >= 0.6 is 0 Å². The third kappa shape index (κ3) is 4.64. The number of aliphatic hydroxyl groups is 1. The number of hydrogen-bond acceptors (Lipinski definition) is 4. The Morgan fingerprint density at radius 1 is 1.42 bits per heavy atom. The topological polar surface area (TPSA) is 48.6 Å². The van der Waals surface area contributed by atoms with Gasteiger partial charge in [0.05, 0.1) is 6.54 Å². The quantitative estimate of drug-likeness (QED) is 0.737. The van der Waals surface area contributed by atoms with Crippen LogP contribution in [0, 0.1) is 5.92 Å². The van der Waals surface area contributed by atoms with Gasteiger partial charge in [0.25, 0.3) is 0 Å². The van der Waals surface area contributed by atoms with Crippen molar-refractivity contribution in [1.29, 1.82) is 0 Å². The van der Waals surface area contributed by atoms with E-state index in [4.69, 9.17) is 4.42 Å². The van der Waals surface area contributed by atoms with Crippen molar-refractivity contribution < 1.29 is 9.52 Å². The molecule has 2 rings (SSSR count). The van der Waals surface area contributed by atoms with Crippen LogP contribution in [0.4, 0.5) is 0 Å². The summed E-state index contributed by atoms with van der Waals surface area (Å²) in [5.74, 6) is 2.55. The molecule has 0 saturated carbocycles. The molecule has 0 aliphatic carbocycles. The molecule has 0 bridgehead atoms. The molecule has 4 nitrogen and oxygen atoms in total. The molecule has 0 radical (unpaired) electrons. The van der Waals surface area contributed by atoms with Crippen molar-refractivity contribution in [2.75, 3.05) is 32.8 Å². The van der Waals surface area contributed by atoms with Crippen LogP contribution in [0.5, 0.6) is 0 Å². The van der Waals surface area contributed by atoms with Crippen LogP contribution in [0.25, 0.3) is 0 Å². The first kappa shape index (κ1) is 14.6. The van der Waals surface area contributed by atoms with Crippen molar-refractivity contribution >= 4 is 0 Å². The van der Waals surface area contributed by atoms with Crippen molar-refractivity contribution in [2.45, 2.75) is 32.7 Å². The second-order valence-corrected chi connectivity index (χ2v) is 5.39. The SMILES string of the molecule is CCc1ccc(CNCCN2CCCC(CO)C2)o1. The summed E-state index contributed by atoms with van der Waals surface area (Å²) in [4.78, 5) is 2.44. The van der Waals surface area contributed by atoms with Gasteiger partial charge in [-0.3, -0.25) is 0 Å². The molecule has 4 heteroatoms. The van der Waals surface area contributed by atoms with Crippen molar-refractivity contribution in [2.24, 2.45) is 5.92 Å². The lowest BCUT2D eigenvalue weighted by atomic mass is 9.99. The van der Waals surface area contributed by atoms with Gasteiger partial charge in [0.15, 0.2) is 0 Å². The van der Waals surface area contributed by atoms with E-state index in [9.17, 15) is 5.11 Å². The monoisotopic (exact) mass is 266 g/mol. The molecule has 2 N–H and O–H groups in total. The molecule has 0 amide bonds. The summed E-state index contributed by atoms with van der Waals surface area (Å²) in [7, 11) is 0. The van der Waals surface area contributed by atoms with Gasteiger partial charge in [-0.1, -0.05) is 6.92 Å².